The van der Waals surface area contributed by atoms with E-state index in [0.29, 0.717) is 16.0 Å². The lowest BCUT2D eigenvalue weighted by Crippen LogP contribution is -1.95. The summed E-state index contributed by atoms with van der Waals surface area (Å²) < 4.78 is 26.8. The second-order valence-corrected chi connectivity index (χ2v) is 5.30. The van der Waals surface area contributed by atoms with Gasteiger partial charge in [-0.3, -0.25) is 0 Å². The highest BCUT2D eigenvalue weighted by molar-refractivity contribution is 7.99. The first-order valence-corrected chi connectivity index (χ1v) is 6.68. The van der Waals surface area contributed by atoms with Gasteiger partial charge in [-0.05, 0) is 42.8 Å². The first kappa shape index (κ1) is 14.5. The molecule has 0 aromatic heterocycles. The van der Waals surface area contributed by atoms with E-state index in [9.17, 15) is 13.9 Å². The number of benzene rings is 2. The van der Waals surface area contributed by atoms with Crippen molar-refractivity contribution in [3.63, 3.8) is 0 Å². The summed E-state index contributed by atoms with van der Waals surface area (Å²) in [4.78, 5) is 0.644. The van der Waals surface area contributed by atoms with Crippen molar-refractivity contribution in [3.05, 3.63) is 59.2 Å². The van der Waals surface area contributed by atoms with Crippen molar-refractivity contribution in [2.75, 3.05) is 0 Å². The van der Waals surface area contributed by atoms with Crippen molar-refractivity contribution in [3.8, 4) is 6.07 Å². The van der Waals surface area contributed by atoms with E-state index in [0.717, 1.165) is 30.0 Å². The van der Waals surface area contributed by atoms with Gasteiger partial charge in [-0.15, -0.1) is 0 Å². The Kier molecular flexibility index (Phi) is 4.38. The fraction of sp³-hybridized carbons (Fsp3) is 0.133. The quantitative estimate of drug-likeness (QED) is 0.928. The highest BCUT2D eigenvalue weighted by atomic mass is 32.2. The molecule has 2 aromatic carbocycles. The Balaban J connectivity index is 2.46. The van der Waals surface area contributed by atoms with Crippen LogP contribution in [0.25, 0.3) is 0 Å². The zero-order valence-electron chi connectivity index (χ0n) is 10.6. The standard InChI is InChI=1S/C15H11F2NOS/c1-9(19)12-4-2-10(8-18)6-14(12)20-15-7-11(16)3-5-13(15)17/h2-7,9,19H,1H3/t9-/m1/s1. The molecular weight excluding hydrogens is 280 g/mol. The van der Waals surface area contributed by atoms with Gasteiger partial charge in [-0.1, -0.05) is 17.8 Å². The van der Waals surface area contributed by atoms with E-state index in [4.69, 9.17) is 5.26 Å². The average molecular weight is 291 g/mol. The molecule has 1 N–H and O–H groups in total. The fourth-order valence-corrected chi connectivity index (χ4v) is 2.83. The molecule has 1 atom stereocenters. The first-order chi connectivity index (χ1) is 9.51. The van der Waals surface area contributed by atoms with Gasteiger partial charge in [0, 0.05) is 4.90 Å². The summed E-state index contributed by atoms with van der Waals surface area (Å²) in [5.74, 6) is -1.08. The van der Waals surface area contributed by atoms with Gasteiger partial charge < -0.3 is 5.11 Å². The molecule has 102 valence electrons. The smallest absolute Gasteiger partial charge is 0.137 e. The largest absolute Gasteiger partial charge is 0.389 e. The Hall–Kier alpha value is -1.90. The molecule has 5 heteroatoms. The van der Waals surface area contributed by atoms with Crippen LogP contribution in [0, 0.1) is 23.0 Å². The molecule has 0 bridgehead atoms. The van der Waals surface area contributed by atoms with Gasteiger partial charge >= 0.3 is 0 Å². The molecule has 0 fully saturated rings. The van der Waals surface area contributed by atoms with Gasteiger partial charge in [0.25, 0.3) is 0 Å². The summed E-state index contributed by atoms with van der Waals surface area (Å²) in [5.41, 5.74) is 0.964. The first-order valence-electron chi connectivity index (χ1n) is 5.86. The van der Waals surface area contributed by atoms with Gasteiger partial charge in [-0.25, -0.2) is 8.78 Å². The van der Waals surface area contributed by atoms with E-state index in [2.05, 4.69) is 0 Å². The number of aliphatic hydroxyl groups is 1. The maximum atomic E-state index is 13.7. The molecule has 0 heterocycles. The van der Waals surface area contributed by atoms with E-state index in [-0.39, 0.29) is 4.90 Å². The lowest BCUT2D eigenvalue weighted by atomic mass is 10.1. The minimum atomic E-state index is -0.762. The predicted molar refractivity (Wildman–Crippen MR) is 72.3 cm³/mol. The van der Waals surface area contributed by atoms with Gasteiger partial charge in [0.1, 0.15) is 11.6 Å². The van der Waals surface area contributed by atoms with Crippen molar-refractivity contribution in [2.45, 2.75) is 22.8 Å². The second-order valence-electron chi connectivity index (χ2n) is 4.22. The lowest BCUT2D eigenvalue weighted by Gasteiger charge is -2.12. The minimum absolute atomic E-state index is 0.113. The van der Waals surface area contributed by atoms with Gasteiger partial charge in [-0.2, -0.15) is 5.26 Å². The highest BCUT2D eigenvalue weighted by Crippen LogP contribution is 2.35. The van der Waals surface area contributed by atoms with Crippen LogP contribution in [0.3, 0.4) is 0 Å². The van der Waals surface area contributed by atoms with E-state index < -0.39 is 17.7 Å². The third-order valence-corrected chi connectivity index (χ3v) is 3.81. The SMILES string of the molecule is C[C@@H](O)c1ccc(C#N)cc1Sc1cc(F)ccc1F. The Bertz CT molecular complexity index is 680. The van der Waals surface area contributed by atoms with Gasteiger partial charge in [0.15, 0.2) is 0 Å². The van der Waals surface area contributed by atoms with E-state index >= 15 is 0 Å². The predicted octanol–water partition coefficient (Wildman–Crippen LogP) is 4.04. The summed E-state index contributed by atoms with van der Waals surface area (Å²) in [6, 6.07) is 9.91. The van der Waals surface area contributed by atoms with Crippen molar-refractivity contribution in [1.29, 1.82) is 5.26 Å². The fourth-order valence-electron chi connectivity index (χ4n) is 1.71. The maximum Gasteiger partial charge on any atom is 0.137 e. The van der Waals surface area contributed by atoms with Crippen LogP contribution in [0.4, 0.5) is 8.78 Å². The summed E-state index contributed by atoms with van der Waals surface area (Å²) >= 11 is 0.987. The second kappa shape index (κ2) is 6.04. The third-order valence-electron chi connectivity index (χ3n) is 2.71. The Morgan fingerprint density at radius 1 is 1.15 bits per heavy atom. The molecule has 0 radical (unpaired) electrons. The number of nitrogens with zero attached hydrogens (tertiary/aromatic N) is 1. The molecule has 20 heavy (non-hydrogen) atoms. The van der Waals surface area contributed by atoms with Crippen LogP contribution in [0.2, 0.25) is 0 Å². The zero-order valence-corrected chi connectivity index (χ0v) is 11.4. The van der Waals surface area contributed by atoms with Crippen molar-refractivity contribution >= 4 is 11.8 Å². The van der Waals surface area contributed by atoms with Gasteiger partial charge in [0.05, 0.1) is 22.6 Å². The van der Waals surface area contributed by atoms with Gasteiger partial charge in [0.2, 0.25) is 0 Å². The molecular formula is C15H11F2NOS. The molecule has 0 saturated carbocycles. The molecule has 0 amide bonds. The Morgan fingerprint density at radius 2 is 1.90 bits per heavy atom. The van der Waals surface area contributed by atoms with Crippen molar-refractivity contribution in [2.24, 2.45) is 0 Å². The normalized spacial score (nSPS) is 11.9. The molecule has 0 aliphatic heterocycles. The van der Waals surface area contributed by atoms with Crippen LogP contribution >= 0.6 is 11.8 Å². The molecule has 2 rings (SSSR count). The summed E-state index contributed by atoms with van der Waals surface area (Å²) in [5, 5.41) is 18.6. The number of halogens is 2. The molecule has 2 aromatic rings. The maximum absolute atomic E-state index is 13.7. The molecule has 0 spiro atoms. The monoisotopic (exact) mass is 291 g/mol. The number of hydrogen-bond donors (Lipinski definition) is 1. The van der Waals surface area contributed by atoms with E-state index in [1.54, 1.807) is 25.1 Å². The van der Waals surface area contributed by atoms with Crippen LogP contribution in [-0.4, -0.2) is 5.11 Å². The summed E-state index contributed by atoms with van der Waals surface area (Å²) in [7, 11) is 0. The lowest BCUT2D eigenvalue weighted by molar-refractivity contribution is 0.196. The minimum Gasteiger partial charge on any atom is -0.389 e. The number of aliphatic hydroxyl groups excluding tert-OH is 1. The highest BCUT2D eigenvalue weighted by Gasteiger charge is 2.13. The Morgan fingerprint density at radius 3 is 2.55 bits per heavy atom. The number of hydrogen-bond acceptors (Lipinski definition) is 3. The van der Waals surface area contributed by atoms with E-state index in [1.165, 1.54) is 0 Å². The molecule has 0 saturated heterocycles. The third kappa shape index (κ3) is 3.16. The number of rotatable bonds is 3. The molecule has 2 nitrogen and oxygen atoms in total. The Labute approximate surface area is 119 Å². The molecule has 0 aliphatic rings. The molecule has 0 aliphatic carbocycles. The van der Waals surface area contributed by atoms with Crippen molar-refractivity contribution < 1.29 is 13.9 Å². The van der Waals surface area contributed by atoms with Crippen LogP contribution in [0.1, 0.15) is 24.2 Å². The van der Waals surface area contributed by atoms with Crippen LogP contribution in [-0.2, 0) is 0 Å². The topological polar surface area (TPSA) is 44.0 Å². The summed E-state index contributed by atoms with van der Waals surface area (Å²) in [6.07, 6.45) is -0.762. The average Bonchev–Trinajstić information content (AvgIpc) is 2.42. The molecule has 0 unspecified atom stereocenters. The number of nitriles is 1. The van der Waals surface area contributed by atoms with Crippen molar-refractivity contribution in [1.82, 2.24) is 0 Å². The van der Waals surface area contributed by atoms with Crippen LogP contribution in [0.5, 0.6) is 0 Å². The van der Waals surface area contributed by atoms with Crippen LogP contribution < -0.4 is 0 Å². The summed E-state index contributed by atoms with van der Waals surface area (Å²) in [6.45, 7) is 1.58. The zero-order chi connectivity index (χ0) is 14.7. The van der Waals surface area contributed by atoms with Crippen LogP contribution in [0.15, 0.2) is 46.2 Å². The van der Waals surface area contributed by atoms with E-state index in [1.807, 2.05) is 6.07 Å².